The molecular weight excluding hydrogens is 408 g/mol. The number of aliphatic hydroxyl groups excluding tert-OH is 2. The van der Waals surface area contributed by atoms with Gasteiger partial charge in [-0.1, -0.05) is 34.6 Å². The molecule has 0 aliphatic rings. The lowest BCUT2D eigenvalue weighted by Crippen LogP contribution is -2.45. The third kappa shape index (κ3) is 13.2. The summed E-state index contributed by atoms with van der Waals surface area (Å²) >= 11 is 0. The van der Waals surface area contributed by atoms with Crippen LogP contribution in [0.15, 0.2) is 0 Å². The van der Waals surface area contributed by atoms with Crippen LogP contribution in [0.3, 0.4) is 0 Å². The minimum Gasteiger partial charge on any atom is -0.396 e. The summed E-state index contributed by atoms with van der Waals surface area (Å²) in [5.41, 5.74) is -2.13. The van der Waals surface area contributed by atoms with Gasteiger partial charge in [0.25, 0.3) is 0 Å². The first kappa shape index (κ1) is 31.5. The Labute approximate surface area is 197 Å². The predicted molar refractivity (Wildman–Crippen MR) is 130 cm³/mol. The van der Waals surface area contributed by atoms with Crippen LogP contribution < -0.4 is 0 Å². The van der Waals surface area contributed by atoms with Gasteiger partial charge in [-0.2, -0.15) is 0 Å². The van der Waals surface area contributed by atoms with Gasteiger partial charge in [0.15, 0.2) is 5.78 Å². The number of ether oxygens (including phenoxy) is 3. The molecule has 6 nitrogen and oxygen atoms in total. The molecule has 0 aliphatic heterocycles. The molecule has 0 aromatic heterocycles. The van der Waals surface area contributed by atoms with Crippen LogP contribution in [-0.4, -0.2) is 65.3 Å². The molecule has 0 bridgehead atoms. The third-order valence-electron chi connectivity index (χ3n) is 5.88. The molecule has 0 amide bonds. The maximum Gasteiger partial charge on any atom is 0.169 e. The molecule has 6 heteroatoms. The quantitative estimate of drug-likeness (QED) is 0.340. The van der Waals surface area contributed by atoms with E-state index in [4.69, 9.17) is 19.3 Å². The van der Waals surface area contributed by atoms with Crippen molar-refractivity contribution >= 4 is 5.78 Å². The molecule has 192 valence electrons. The summed E-state index contributed by atoms with van der Waals surface area (Å²) in [6, 6.07) is 0. The monoisotopic (exact) mass is 460 g/mol. The Hall–Kier alpha value is -0.530. The van der Waals surface area contributed by atoms with Crippen LogP contribution >= 0.6 is 0 Å². The first-order valence-electron chi connectivity index (χ1n) is 12.0. The van der Waals surface area contributed by atoms with E-state index in [1.54, 1.807) is 0 Å². The van der Waals surface area contributed by atoms with E-state index in [2.05, 4.69) is 20.8 Å². The summed E-state index contributed by atoms with van der Waals surface area (Å²) in [4.78, 5) is 13.2. The Morgan fingerprint density at radius 1 is 0.719 bits per heavy atom. The fourth-order valence-electron chi connectivity index (χ4n) is 3.34. The van der Waals surface area contributed by atoms with Crippen LogP contribution in [0.5, 0.6) is 0 Å². The fraction of sp³-hybridized carbons (Fsp3) is 0.962. The molecule has 0 fully saturated rings. The lowest BCUT2D eigenvalue weighted by Gasteiger charge is -2.36. The van der Waals surface area contributed by atoms with E-state index in [0.717, 1.165) is 12.8 Å². The normalized spacial score (nSPS) is 15.2. The number of hydrogen-bond donors (Lipinski definition) is 2. The molecular formula is C26H52O6. The van der Waals surface area contributed by atoms with Gasteiger partial charge < -0.3 is 24.4 Å². The number of rotatable bonds is 16. The smallest absolute Gasteiger partial charge is 0.169 e. The zero-order chi connectivity index (χ0) is 25.4. The summed E-state index contributed by atoms with van der Waals surface area (Å²) in [6.07, 6.45) is 2.15. The highest BCUT2D eigenvalue weighted by Crippen LogP contribution is 2.35. The minimum atomic E-state index is -0.872. The molecule has 1 unspecified atom stereocenters. The molecule has 0 rings (SSSR count). The van der Waals surface area contributed by atoms with Crippen molar-refractivity contribution in [1.29, 1.82) is 0 Å². The zero-order valence-corrected chi connectivity index (χ0v) is 22.8. The number of ketones is 1. The SMILES string of the molecule is CC(C)(C)CCC(C)(C)C(=O)C(C)(C)OCCC(C)(C)OCC(O)COC(C)(C)CCO. The van der Waals surface area contributed by atoms with Crippen molar-refractivity contribution in [2.24, 2.45) is 10.8 Å². The summed E-state index contributed by atoms with van der Waals surface area (Å²) in [6.45, 7) is 22.6. The average molecular weight is 461 g/mol. The summed E-state index contributed by atoms with van der Waals surface area (Å²) in [7, 11) is 0. The highest BCUT2D eigenvalue weighted by Gasteiger charge is 2.40. The van der Waals surface area contributed by atoms with Crippen molar-refractivity contribution in [3.63, 3.8) is 0 Å². The van der Waals surface area contributed by atoms with Gasteiger partial charge in [-0.15, -0.1) is 0 Å². The molecule has 0 heterocycles. The van der Waals surface area contributed by atoms with E-state index < -0.39 is 28.3 Å². The Morgan fingerprint density at radius 3 is 1.62 bits per heavy atom. The fourth-order valence-corrected chi connectivity index (χ4v) is 3.34. The Balaban J connectivity index is 4.55. The minimum absolute atomic E-state index is 0.0409. The average Bonchev–Trinajstić information content (AvgIpc) is 2.62. The molecule has 0 aromatic carbocycles. The Kier molecular flexibility index (Phi) is 12.1. The van der Waals surface area contributed by atoms with E-state index >= 15 is 0 Å². The molecule has 0 radical (unpaired) electrons. The first-order valence-corrected chi connectivity index (χ1v) is 12.0. The molecule has 0 saturated heterocycles. The van der Waals surface area contributed by atoms with Gasteiger partial charge >= 0.3 is 0 Å². The van der Waals surface area contributed by atoms with Crippen LogP contribution in [0.25, 0.3) is 0 Å². The number of aliphatic hydroxyl groups is 2. The standard InChI is InChI=1S/C26H52O6/c1-22(2,3)12-13-23(4,5)21(29)26(10,11)30-17-15-25(8,9)32-19-20(28)18-31-24(6,7)14-16-27/h20,27-28H,12-19H2,1-11H3. The van der Waals surface area contributed by atoms with Gasteiger partial charge in [-0.05, 0) is 72.6 Å². The second-order valence-electron chi connectivity index (χ2n) is 12.7. The van der Waals surface area contributed by atoms with Gasteiger partial charge in [-0.3, -0.25) is 4.79 Å². The maximum atomic E-state index is 13.2. The summed E-state index contributed by atoms with van der Waals surface area (Å²) in [5, 5.41) is 19.2. The number of carbonyl (C=O) groups is 1. The van der Waals surface area contributed by atoms with Crippen molar-refractivity contribution in [2.75, 3.05) is 26.4 Å². The zero-order valence-electron chi connectivity index (χ0n) is 22.8. The molecule has 0 aliphatic carbocycles. The third-order valence-corrected chi connectivity index (χ3v) is 5.88. The van der Waals surface area contributed by atoms with Crippen molar-refractivity contribution in [2.45, 2.75) is 125 Å². The van der Waals surface area contributed by atoms with Crippen LogP contribution in [0.1, 0.15) is 102 Å². The second kappa shape index (κ2) is 12.3. The largest absolute Gasteiger partial charge is 0.396 e. The van der Waals surface area contributed by atoms with Crippen LogP contribution in [0.4, 0.5) is 0 Å². The van der Waals surface area contributed by atoms with Crippen molar-refractivity contribution < 1.29 is 29.2 Å². The Bertz CT molecular complexity index is 557. The molecule has 0 saturated carbocycles. The van der Waals surface area contributed by atoms with Gasteiger partial charge in [0.2, 0.25) is 0 Å². The van der Waals surface area contributed by atoms with E-state index in [9.17, 15) is 9.90 Å². The van der Waals surface area contributed by atoms with E-state index in [0.29, 0.717) is 19.4 Å². The van der Waals surface area contributed by atoms with Gasteiger partial charge in [0.1, 0.15) is 11.7 Å². The van der Waals surface area contributed by atoms with Crippen LogP contribution in [-0.2, 0) is 19.0 Å². The second-order valence-corrected chi connectivity index (χ2v) is 12.7. The Morgan fingerprint density at radius 2 is 1.19 bits per heavy atom. The molecule has 1 atom stereocenters. The maximum absolute atomic E-state index is 13.2. The van der Waals surface area contributed by atoms with Crippen molar-refractivity contribution in [3.8, 4) is 0 Å². The van der Waals surface area contributed by atoms with Crippen LogP contribution in [0, 0.1) is 10.8 Å². The van der Waals surface area contributed by atoms with E-state index in [-0.39, 0.29) is 31.0 Å². The van der Waals surface area contributed by atoms with Gasteiger partial charge in [0, 0.05) is 12.0 Å². The summed E-state index contributed by atoms with van der Waals surface area (Å²) < 4.78 is 17.6. The van der Waals surface area contributed by atoms with Crippen LogP contribution in [0.2, 0.25) is 0 Å². The lowest BCUT2D eigenvalue weighted by molar-refractivity contribution is -0.154. The van der Waals surface area contributed by atoms with Gasteiger partial charge in [-0.25, -0.2) is 0 Å². The molecule has 0 aromatic rings. The van der Waals surface area contributed by atoms with Crippen molar-refractivity contribution in [3.05, 3.63) is 0 Å². The van der Waals surface area contributed by atoms with E-state index in [1.165, 1.54) is 0 Å². The highest BCUT2D eigenvalue weighted by atomic mass is 16.5. The topological polar surface area (TPSA) is 85.2 Å². The molecule has 32 heavy (non-hydrogen) atoms. The first-order chi connectivity index (χ1) is 14.2. The van der Waals surface area contributed by atoms with E-state index in [1.807, 2.05) is 55.4 Å². The molecule has 0 spiro atoms. The summed E-state index contributed by atoms with van der Waals surface area (Å²) in [5.74, 6) is 0.117. The van der Waals surface area contributed by atoms with Gasteiger partial charge in [0.05, 0.1) is 31.0 Å². The highest BCUT2D eigenvalue weighted by molar-refractivity contribution is 5.91. The number of hydrogen-bond acceptors (Lipinski definition) is 6. The molecule has 2 N–H and O–H groups in total. The number of carbonyl (C=O) groups excluding carboxylic acids is 1. The number of Topliss-reactive ketones (excluding diaryl/α,β-unsaturated/α-hetero) is 1. The lowest BCUT2D eigenvalue weighted by atomic mass is 9.73. The predicted octanol–water partition coefficient (Wildman–Crippen LogP) is 4.93. The van der Waals surface area contributed by atoms with Crippen molar-refractivity contribution in [1.82, 2.24) is 0 Å².